The Morgan fingerprint density at radius 2 is 1.38 bits per heavy atom. The summed E-state index contributed by atoms with van der Waals surface area (Å²) < 4.78 is 0. The largest absolute Gasteiger partial charge is 0.0654 e. The minimum absolute atomic E-state index is 0.771. The number of rotatable bonds is 7. The summed E-state index contributed by atoms with van der Waals surface area (Å²) in [5.41, 5.74) is 5.71. The van der Waals surface area contributed by atoms with E-state index >= 15 is 0 Å². The quantitative estimate of drug-likeness (QED) is 0.475. The highest BCUT2D eigenvalue weighted by Crippen LogP contribution is 2.38. The van der Waals surface area contributed by atoms with Crippen LogP contribution < -0.4 is 0 Å². The lowest BCUT2D eigenvalue weighted by Crippen LogP contribution is -2.13. The van der Waals surface area contributed by atoms with Crippen molar-refractivity contribution in [2.24, 2.45) is 11.8 Å². The maximum Gasteiger partial charge on any atom is -0.0162 e. The van der Waals surface area contributed by atoms with Crippen LogP contribution >= 0.6 is 0 Å². The van der Waals surface area contributed by atoms with Crippen molar-refractivity contribution in [1.82, 2.24) is 0 Å². The smallest absolute Gasteiger partial charge is 0.0162 e. The van der Waals surface area contributed by atoms with E-state index in [1.165, 1.54) is 68.1 Å². The van der Waals surface area contributed by atoms with Crippen LogP contribution in [0.3, 0.4) is 0 Å². The number of benzene rings is 2. The first-order valence-corrected chi connectivity index (χ1v) is 10.9. The molecule has 0 N–H and O–H groups in total. The van der Waals surface area contributed by atoms with Gasteiger partial charge in [0.15, 0.2) is 0 Å². The van der Waals surface area contributed by atoms with Crippen LogP contribution in [-0.4, -0.2) is 0 Å². The minimum Gasteiger partial charge on any atom is -0.0654 e. The van der Waals surface area contributed by atoms with Gasteiger partial charge in [0.1, 0.15) is 0 Å². The lowest BCUT2D eigenvalue weighted by Gasteiger charge is -2.28. The van der Waals surface area contributed by atoms with Crippen molar-refractivity contribution in [2.75, 3.05) is 0 Å². The normalized spacial score (nSPS) is 21.5. The van der Waals surface area contributed by atoms with Crippen LogP contribution in [0.25, 0.3) is 11.1 Å². The molecule has 0 aromatic heterocycles. The zero-order valence-electron chi connectivity index (χ0n) is 17.0. The SMILES string of the molecule is CCCC1CCC(c2ccc(-c3ccc(CC(C)CC)cc3)cc2)CC1. The Labute approximate surface area is 161 Å². The van der Waals surface area contributed by atoms with Gasteiger partial charge in [0.05, 0.1) is 0 Å². The molecule has 0 heteroatoms. The van der Waals surface area contributed by atoms with Crippen molar-refractivity contribution in [1.29, 1.82) is 0 Å². The van der Waals surface area contributed by atoms with E-state index in [2.05, 4.69) is 69.3 Å². The van der Waals surface area contributed by atoms with Gasteiger partial charge in [-0.1, -0.05) is 88.6 Å². The molecule has 26 heavy (non-hydrogen) atoms. The third-order valence-electron chi connectivity index (χ3n) is 6.49. The molecule has 0 radical (unpaired) electrons. The molecule has 0 amide bonds. The van der Waals surface area contributed by atoms with E-state index in [0.29, 0.717) is 0 Å². The van der Waals surface area contributed by atoms with Crippen molar-refractivity contribution in [3.05, 3.63) is 59.7 Å². The number of hydrogen-bond donors (Lipinski definition) is 0. The Bertz CT molecular complexity index is 641. The van der Waals surface area contributed by atoms with E-state index in [1.54, 1.807) is 5.56 Å². The Morgan fingerprint density at radius 3 is 1.92 bits per heavy atom. The fraction of sp³-hybridized carbons (Fsp3) is 0.538. The van der Waals surface area contributed by atoms with Crippen LogP contribution in [0.2, 0.25) is 0 Å². The van der Waals surface area contributed by atoms with Crippen molar-refractivity contribution in [3.8, 4) is 11.1 Å². The molecular weight excluding hydrogens is 312 g/mol. The van der Waals surface area contributed by atoms with Crippen molar-refractivity contribution < 1.29 is 0 Å². The van der Waals surface area contributed by atoms with Gasteiger partial charge < -0.3 is 0 Å². The molecule has 1 aliphatic carbocycles. The first-order valence-electron chi connectivity index (χ1n) is 10.9. The summed E-state index contributed by atoms with van der Waals surface area (Å²) in [5.74, 6) is 2.55. The van der Waals surface area contributed by atoms with Crippen LogP contribution in [0.4, 0.5) is 0 Å². The minimum atomic E-state index is 0.771. The topological polar surface area (TPSA) is 0 Å². The molecule has 0 nitrogen and oxygen atoms in total. The summed E-state index contributed by atoms with van der Waals surface area (Å²) in [6, 6.07) is 18.6. The summed E-state index contributed by atoms with van der Waals surface area (Å²) in [5, 5.41) is 0. The van der Waals surface area contributed by atoms with Gasteiger partial charge in [0.25, 0.3) is 0 Å². The van der Waals surface area contributed by atoms with Gasteiger partial charge in [-0.3, -0.25) is 0 Å². The molecule has 1 fully saturated rings. The van der Waals surface area contributed by atoms with E-state index in [0.717, 1.165) is 17.8 Å². The fourth-order valence-corrected chi connectivity index (χ4v) is 4.52. The zero-order chi connectivity index (χ0) is 18.4. The lowest BCUT2D eigenvalue weighted by molar-refractivity contribution is 0.308. The molecule has 1 saturated carbocycles. The fourth-order valence-electron chi connectivity index (χ4n) is 4.52. The highest BCUT2D eigenvalue weighted by Gasteiger charge is 2.21. The van der Waals surface area contributed by atoms with Crippen LogP contribution in [0.5, 0.6) is 0 Å². The summed E-state index contributed by atoms with van der Waals surface area (Å²) in [6.07, 6.45) is 10.8. The van der Waals surface area contributed by atoms with Gasteiger partial charge in [-0.25, -0.2) is 0 Å². The van der Waals surface area contributed by atoms with Crippen LogP contribution in [-0.2, 0) is 6.42 Å². The van der Waals surface area contributed by atoms with Gasteiger partial charge >= 0.3 is 0 Å². The van der Waals surface area contributed by atoms with Crippen molar-refractivity contribution in [3.63, 3.8) is 0 Å². The molecule has 1 atom stereocenters. The van der Waals surface area contributed by atoms with Gasteiger partial charge in [0.2, 0.25) is 0 Å². The van der Waals surface area contributed by atoms with Crippen molar-refractivity contribution in [2.45, 2.75) is 78.1 Å². The van der Waals surface area contributed by atoms with Crippen LogP contribution in [0, 0.1) is 11.8 Å². The Kier molecular flexibility index (Phi) is 6.94. The predicted molar refractivity (Wildman–Crippen MR) is 115 cm³/mol. The lowest BCUT2D eigenvalue weighted by atomic mass is 9.77. The average Bonchev–Trinajstić information content (AvgIpc) is 2.69. The first-order chi connectivity index (χ1) is 12.7. The summed E-state index contributed by atoms with van der Waals surface area (Å²) in [4.78, 5) is 0. The average molecular weight is 349 g/mol. The van der Waals surface area contributed by atoms with Gasteiger partial charge in [-0.2, -0.15) is 0 Å². The summed E-state index contributed by atoms with van der Waals surface area (Å²) in [7, 11) is 0. The maximum absolute atomic E-state index is 2.38. The highest BCUT2D eigenvalue weighted by atomic mass is 14.3. The van der Waals surface area contributed by atoms with E-state index in [9.17, 15) is 0 Å². The molecule has 0 bridgehead atoms. The van der Waals surface area contributed by atoms with E-state index in [1.807, 2.05) is 0 Å². The van der Waals surface area contributed by atoms with E-state index in [4.69, 9.17) is 0 Å². The number of hydrogen-bond acceptors (Lipinski definition) is 0. The molecular formula is C26H36. The van der Waals surface area contributed by atoms with E-state index < -0.39 is 0 Å². The molecule has 0 aliphatic heterocycles. The second-order valence-corrected chi connectivity index (χ2v) is 8.54. The molecule has 0 spiro atoms. The molecule has 3 rings (SSSR count). The van der Waals surface area contributed by atoms with Crippen LogP contribution in [0.15, 0.2) is 48.5 Å². The molecule has 1 unspecified atom stereocenters. The summed E-state index contributed by atoms with van der Waals surface area (Å²) >= 11 is 0. The molecule has 140 valence electrons. The third-order valence-corrected chi connectivity index (χ3v) is 6.49. The van der Waals surface area contributed by atoms with Gasteiger partial charge in [-0.15, -0.1) is 0 Å². The third kappa shape index (κ3) is 5.00. The Balaban J connectivity index is 1.61. The Morgan fingerprint density at radius 1 is 0.808 bits per heavy atom. The predicted octanol–water partition coefficient (Wildman–Crippen LogP) is 8.02. The van der Waals surface area contributed by atoms with Gasteiger partial charge in [0, 0.05) is 0 Å². The molecule has 0 saturated heterocycles. The second-order valence-electron chi connectivity index (χ2n) is 8.54. The Hall–Kier alpha value is -1.56. The maximum atomic E-state index is 2.38. The van der Waals surface area contributed by atoms with Crippen molar-refractivity contribution >= 4 is 0 Å². The monoisotopic (exact) mass is 348 g/mol. The molecule has 2 aromatic rings. The molecule has 2 aromatic carbocycles. The standard InChI is InChI=1S/C26H36/c1-4-6-21-7-11-23(12-8-21)25-15-17-26(18-16-25)24-13-9-22(10-14-24)19-20(3)5-2/h9-10,13-18,20-21,23H,4-8,11-12,19H2,1-3H3. The molecule has 0 heterocycles. The first kappa shape index (κ1) is 19.2. The molecule has 1 aliphatic rings. The van der Waals surface area contributed by atoms with Gasteiger partial charge in [-0.05, 0) is 72.1 Å². The van der Waals surface area contributed by atoms with E-state index in [-0.39, 0.29) is 0 Å². The highest BCUT2D eigenvalue weighted by molar-refractivity contribution is 5.64. The summed E-state index contributed by atoms with van der Waals surface area (Å²) in [6.45, 7) is 6.93. The van der Waals surface area contributed by atoms with Crippen LogP contribution in [0.1, 0.15) is 82.8 Å². The second kappa shape index (κ2) is 9.40. The zero-order valence-corrected chi connectivity index (χ0v) is 17.0.